The van der Waals surface area contributed by atoms with E-state index in [0.717, 1.165) is 6.07 Å². The van der Waals surface area contributed by atoms with Crippen molar-refractivity contribution in [2.45, 2.75) is 0 Å². The fraction of sp³-hybridized carbons (Fsp3) is 0.500. The van der Waals surface area contributed by atoms with Crippen molar-refractivity contribution in [1.82, 2.24) is 14.9 Å². The van der Waals surface area contributed by atoms with Gasteiger partial charge in [-0.25, -0.2) is 0 Å². The minimum Gasteiger partial charge on any atom is -0.462 e. The van der Waals surface area contributed by atoms with Crippen molar-refractivity contribution in [1.29, 1.82) is 0 Å². The number of anilines is 1. The highest BCUT2D eigenvalue weighted by Crippen LogP contribution is 2.07. The van der Waals surface area contributed by atoms with Gasteiger partial charge < -0.3 is 15.4 Å². The maximum absolute atomic E-state index is 12.7. The second-order valence-corrected chi connectivity index (χ2v) is 3.05. The molecule has 6 heteroatoms. The number of likely N-dealkylation sites (N-methyl/N-ethyl adjacent to an activating group) is 1. The summed E-state index contributed by atoms with van der Waals surface area (Å²) in [7, 11) is 3.81. The van der Waals surface area contributed by atoms with E-state index in [9.17, 15) is 4.39 Å². The molecule has 0 radical (unpaired) electrons. The van der Waals surface area contributed by atoms with Crippen LogP contribution >= 0.6 is 0 Å². The summed E-state index contributed by atoms with van der Waals surface area (Å²) in [5.41, 5.74) is 5.31. The highest BCUT2D eigenvalue weighted by atomic mass is 19.1. The van der Waals surface area contributed by atoms with Crippen LogP contribution in [0.3, 0.4) is 0 Å². The van der Waals surface area contributed by atoms with E-state index in [1.54, 1.807) is 0 Å². The van der Waals surface area contributed by atoms with Crippen LogP contribution in [0.1, 0.15) is 0 Å². The van der Waals surface area contributed by atoms with Crippen LogP contribution in [0.4, 0.5) is 10.2 Å². The van der Waals surface area contributed by atoms with E-state index in [1.165, 1.54) is 0 Å². The Labute approximate surface area is 81.7 Å². The van der Waals surface area contributed by atoms with Crippen LogP contribution in [-0.4, -0.2) is 42.1 Å². The predicted molar refractivity (Wildman–Crippen MR) is 50.5 cm³/mol. The van der Waals surface area contributed by atoms with Gasteiger partial charge in [0, 0.05) is 12.6 Å². The highest BCUT2D eigenvalue weighted by Gasteiger charge is 2.02. The van der Waals surface area contributed by atoms with Crippen LogP contribution in [0, 0.1) is 5.95 Å². The number of hydrogen-bond donors (Lipinski definition) is 1. The van der Waals surface area contributed by atoms with Crippen molar-refractivity contribution in [3.63, 3.8) is 0 Å². The zero-order valence-electron chi connectivity index (χ0n) is 8.20. The fourth-order valence-corrected chi connectivity index (χ4v) is 0.797. The van der Waals surface area contributed by atoms with Crippen LogP contribution in [0.25, 0.3) is 0 Å². The molecule has 0 aliphatic rings. The Morgan fingerprint density at radius 2 is 2.21 bits per heavy atom. The second kappa shape index (κ2) is 4.71. The number of ether oxygens (including phenoxy) is 1. The van der Waals surface area contributed by atoms with E-state index in [-0.39, 0.29) is 11.8 Å². The smallest absolute Gasteiger partial charge is 0.321 e. The van der Waals surface area contributed by atoms with Gasteiger partial charge in [0.15, 0.2) is 0 Å². The third-order valence-corrected chi connectivity index (χ3v) is 1.46. The molecule has 0 aromatic carbocycles. The molecule has 1 aromatic rings. The third-order valence-electron chi connectivity index (χ3n) is 1.46. The molecule has 1 aromatic heterocycles. The number of aromatic nitrogens is 2. The van der Waals surface area contributed by atoms with E-state index >= 15 is 0 Å². The van der Waals surface area contributed by atoms with Gasteiger partial charge in [0.05, 0.1) is 0 Å². The molecule has 0 saturated carbocycles. The number of nitrogen functional groups attached to an aromatic ring is 1. The third kappa shape index (κ3) is 3.53. The predicted octanol–water partition coefficient (Wildman–Crippen LogP) is 0.138. The maximum atomic E-state index is 12.7. The lowest BCUT2D eigenvalue weighted by molar-refractivity contribution is 0.243. The van der Waals surface area contributed by atoms with Crippen LogP contribution in [-0.2, 0) is 0 Å². The van der Waals surface area contributed by atoms with Gasteiger partial charge in [0.2, 0.25) is 5.95 Å². The van der Waals surface area contributed by atoms with Gasteiger partial charge in [-0.05, 0) is 14.1 Å². The van der Waals surface area contributed by atoms with Crippen molar-refractivity contribution in [3.05, 3.63) is 12.0 Å². The van der Waals surface area contributed by atoms with Gasteiger partial charge in [0.25, 0.3) is 0 Å². The average Bonchev–Trinajstić information content (AvgIpc) is 2.01. The first kappa shape index (κ1) is 10.6. The Hall–Kier alpha value is -1.43. The Kier molecular flexibility index (Phi) is 3.58. The van der Waals surface area contributed by atoms with Crippen LogP contribution in [0.5, 0.6) is 6.01 Å². The number of halogens is 1. The molecule has 0 fully saturated rings. The van der Waals surface area contributed by atoms with Crippen molar-refractivity contribution < 1.29 is 9.13 Å². The van der Waals surface area contributed by atoms with Gasteiger partial charge in [-0.1, -0.05) is 0 Å². The molecule has 14 heavy (non-hydrogen) atoms. The first-order valence-corrected chi connectivity index (χ1v) is 4.15. The topological polar surface area (TPSA) is 64.3 Å². The molecule has 0 atom stereocenters. The lowest BCUT2D eigenvalue weighted by atomic mass is 10.6. The fourth-order valence-electron chi connectivity index (χ4n) is 0.797. The van der Waals surface area contributed by atoms with E-state index in [4.69, 9.17) is 10.5 Å². The van der Waals surface area contributed by atoms with Crippen molar-refractivity contribution in [3.8, 4) is 6.01 Å². The summed E-state index contributed by atoms with van der Waals surface area (Å²) >= 11 is 0. The second-order valence-electron chi connectivity index (χ2n) is 3.05. The summed E-state index contributed by atoms with van der Waals surface area (Å²) in [6, 6.07) is 1.02. The van der Waals surface area contributed by atoms with Crippen molar-refractivity contribution in [2.75, 3.05) is 33.0 Å². The Balaban J connectivity index is 2.50. The zero-order valence-corrected chi connectivity index (χ0v) is 8.20. The van der Waals surface area contributed by atoms with Crippen molar-refractivity contribution in [2.24, 2.45) is 0 Å². The summed E-state index contributed by atoms with van der Waals surface area (Å²) in [6.45, 7) is 1.11. The zero-order chi connectivity index (χ0) is 10.6. The molecule has 0 amide bonds. The number of nitrogens with two attached hydrogens (primary N) is 1. The van der Waals surface area contributed by atoms with Crippen LogP contribution < -0.4 is 10.5 Å². The molecule has 1 rings (SSSR count). The van der Waals surface area contributed by atoms with Gasteiger partial charge in [0.1, 0.15) is 12.4 Å². The van der Waals surface area contributed by atoms with Gasteiger partial charge in [-0.15, -0.1) is 0 Å². The summed E-state index contributed by atoms with van der Waals surface area (Å²) in [5.74, 6) is -0.616. The number of nitrogens with zero attached hydrogens (tertiary/aromatic N) is 3. The van der Waals surface area contributed by atoms with E-state index < -0.39 is 5.95 Å². The van der Waals surface area contributed by atoms with Gasteiger partial charge in [-0.3, -0.25) is 0 Å². The molecule has 0 aliphatic heterocycles. The van der Waals surface area contributed by atoms with E-state index in [2.05, 4.69) is 9.97 Å². The minimum absolute atomic E-state index is 0.0237. The average molecular weight is 200 g/mol. The first-order chi connectivity index (χ1) is 6.58. The lowest BCUT2D eigenvalue weighted by Gasteiger charge is -2.09. The molecule has 2 N–H and O–H groups in total. The number of hydrogen-bond acceptors (Lipinski definition) is 5. The minimum atomic E-state index is -0.683. The standard InChI is InChI=1S/C8H13FN4O/c1-13(2)3-4-14-8-11-6(9)5-7(10)12-8/h5H,3-4H2,1-2H3,(H2,10,11,12). The summed E-state index contributed by atoms with van der Waals surface area (Å²) < 4.78 is 17.8. The largest absolute Gasteiger partial charge is 0.462 e. The van der Waals surface area contributed by atoms with Gasteiger partial charge >= 0.3 is 6.01 Å². The molecule has 0 bridgehead atoms. The molecular formula is C8H13FN4O. The highest BCUT2D eigenvalue weighted by molar-refractivity contribution is 5.27. The number of rotatable bonds is 4. The molecule has 0 unspecified atom stereocenters. The van der Waals surface area contributed by atoms with Gasteiger partial charge in [-0.2, -0.15) is 14.4 Å². The Morgan fingerprint density at radius 1 is 1.50 bits per heavy atom. The van der Waals surface area contributed by atoms with Crippen LogP contribution in [0.15, 0.2) is 6.07 Å². The molecule has 0 saturated heterocycles. The first-order valence-electron chi connectivity index (χ1n) is 4.15. The van der Waals surface area contributed by atoms with Crippen LogP contribution in [0.2, 0.25) is 0 Å². The quantitative estimate of drug-likeness (QED) is 0.700. The Morgan fingerprint density at radius 3 is 2.79 bits per heavy atom. The lowest BCUT2D eigenvalue weighted by Crippen LogP contribution is -2.20. The maximum Gasteiger partial charge on any atom is 0.321 e. The van der Waals surface area contributed by atoms with E-state index in [0.29, 0.717) is 13.2 Å². The molecule has 5 nitrogen and oxygen atoms in total. The molecule has 1 heterocycles. The molecule has 0 aliphatic carbocycles. The molecule has 78 valence electrons. The van der Waals surface area contributed by atoms with E-state index in [1.807, 2.05) is 19.0 Å². The summed E-state index contributed by atoms with van der Waals surface area (Å²) in [6.07, 6.45) is 0. The summed E-state index contributed by atoms with van der Waals surface area (Å²) in [5, 5.41) is 0. The molecule has 0 spiro atoms. The molecular weight excluding hydrogens is 187 g/mol. The summed E-state index contributed by atoms with van der Waals surface area (Å²) in [4.78, 5) is 9.08. The monoisotopic (exact) mass is 200 g/mol. The van der Waals surface area contributed by atoms with Crippen molar-refractivity contribution >= 4 is 5.82 Å². The Bertz CT molecular complexity index is 285. The normalized spacial score (nSPS) is 10.6. The SMILES string of the molecule is CN(C)CCOc1nc(N)cc(F)n1.